The normalized spacial score (nSPS) is 10.6. The molecule has 0 aliphatic carbocycles. The van der Waals surface area contributed by atoms with Crippen LogP contribution in [-0.2, 0) is 13.1 Å². The van der Waals surface area contributed by atoms with Crippen molar-refractivity contribution in [2.45, 2.75) is 13.1 Å². The molecule has 0 spiro atoms. The summed E-state index contributed by atoms with van der Waals surface area (Å²) in [6.07, 6.45) is 0. The lowest BCUT2D eigenvalue weighted by molar-refractivity contribution is 0.240. The fraction of sp³-hybridized carbons (Fsp3) is 0.143. The molecule has 3 rings (SSSR count). The Labute approximate surface area is 124 Å². The van der Waals surface area contributed by atoms with E-state index in [-0.39, 0.29) is 6.03 Å². The van der Waals surface area contributed by atoms with Crippen LogP contribution in [-0.4, -0.2) is 11.0 Å². The Hall–Kier alpha value is -1.92. The molecule has 0 bridgehead atoms. The van der Waals surface area contributed by atoms with E-state index in [1.807, 2.05) is 41.8 Å². The highest BCUT2D eigenvalue weighted by molar-refractivity contribution is 7.18. The van der Waals surface area contributed by atoms with Gasteiger partial charge in [-0.1, -0.05) is 18.2 Å². The minimum atomic E-state index is -0.169. The van der Waals surface area contributed by atoms with Crippen LogP contribution in [0.4, 0.5) is 4.79 Å². The summed E-state index contributed by atoms with van der Waals surface area (Å²) in [5, 5.41) is 8.56. The third kappa shape index (κ3) is 3.15. The van der Waals surface area contributed by atoms with Gasteiger partial charge in [-0.3, -0.25) is 0 Å². The van der Waals surface area contributed by atoms with E-state index in [4.69, 9.17) is 0 Å². The third-order valence-corrected chi connectivity index (χ3v) is 4.65. The van der Waals surface area contributed by atoms with Crippen molar-refractivity contribution in [1.29, 1.82) is 0 Å². The van der Waals surface area contributed by atoms with E-state index >= 15 is 0 Å². The average Bonchev–Trinajstić information content (AvgIpc) is 3.11. The number of thiophene rings is 1. The molecule has 0 saturated carbocycles. The number of benzene rings is 1. The largest absolute Gasteiger partial charge is 0.333 e. The molecule has 0 atom stereocenters. The molecule has 0 unspecified atom stereocenters. The molecule has 0 fully saturated rings. The van der Waals surface area contributed by atoms with E-state index < -0.39 is 0 Å². The molecular weight excluding hydrogens is 290 g/mol. The van der Waals surface area contributed by atoms with Crippen molar-refractivity contribution in [2.24, 2.45) is 0 Å². The summed E-state index contributed by atoms with van der Waals surface area (Å²) in [6.45, 7) is 1.01. The van der Waals surface area contributed by atoms with Crippen LogP contribution in [0.15, 0.2) is 41.8 Å². The van der Waals surface area contributed by atoms with Crippen molar-refractivity contribution in [3.63, 3.8) is 0 Å². The maximum atomic E-state index is 11.7. The summed E-state index contributed by atoms with van der Waals surface area (Å²) in [6, 6.07) is 11.8. The van der Waals surface area contributed by atoms with Gasteiger partial charge < -0.3 is 10.6 Å². The number of rotatable bonds is 4. The molecule has 0 aliphatic rings. The third-order valence-electron chi connectivity index (χ3n) is 2.74. The molecule has 2 N–H and O–H groups in total. The summed E-state index contributed by atoms with van der Waals surface area (Å²) >= 11 is 3.23. The van der Waals surface area contributed by atoms with Crippen LogP contribution < -0.4 is 10.6 Å². The summed E-state index contributed by atoms with van der Waals surface area (Å²) in [4.78, 5) is 17.3. The number of hydrogen-bond donors (Lipinski definition) is 2. The molecule has 1 aromatic carbocycles. The van der Waals surface area contributed by atoms with Crippen LogP contribution in [0.3, 0.4) is 0 Å². The van der Waals surface area contributed by atoms with Gasteiger partial charge >= 0.3 is 6.03 Å². The molecule has 3 aromatic rings. The maximum absolute atomic E-state index is 11.7. The quantitative estimate of drug-likeness (QED) is 0.776. The fourth-order valence-corrected chi connectivity index (χ4v) is 3.35. The van der Waals surface area contributed by atoms with Gasteiger partial charge in [0.2, 0.25) is 0 Å². The Morgan fingerprint density at radius 2 is 1.95 bits per heavy atom. The molecule has 20 heavy (non-hydrogen) atoms. The summed E-state index contributed by atoms with van der Waals surface area (Å²) in [5.41, 5.74) is 0.980. The molecule has 0 aliphatic heterocycles. The van der Waals surface area contributed by atoms with E-state index in [0.717, 1.165) is 20.1 Å². The smallest absolute Gasteiger partial charge is 0.315 e. The van der Waals surface area contributed by atoms with Crippen molar-refractivity contribution >= 4 is 38.9 Å². The number of hydrogen-bond acceptors (Lipinski definition) is 4. The second kappa shape index (κ2) is 6.02. The Morgan fingerprint density at radius 3 is 2.75 bits per heavy atom. The zero-order valence-electron chi connectivity index (χ0n) is 10.6. The topological polar surface area (TPSA) is 54.0 Å². The average molecular weight is 303 g/mol. The second-order valence-electron chi connectivity index (χ2n) is 4.19. The number of thiazole rings is 1. The highest BCUT2D eigenvalue weighted by atomic mass is 32.1. The molecule has 4 nitrogen and oxygen atoms in total. The zero-order valence-corrected chi connectivity index (χ0v) is 12.3. The molecular formula is C14H13N3OS2. The molecule has 2 aromatic heterocycles. The van der Waals surface area contributed by atoms with Crippen LogP contribution in [0.25, 0.3) is 10.2 Å². The predicted molar refractivity (Wildman–Crippen MR) is 83.0 cm³/mol. The number of carbonyl (C=O) groups is 1. The number of carbonyl (C=O) groups excluding carboxylic acids is 1. The van der Waals surface area contributed by atoms with E-state index in [2.05, 4.69) is 15.6 Å². The van der Waals surface area contributed by atoms with Gasteiger partial charge in [0.05, 0.1) is 23.3 Å². The SMILES string of the molecule is O=C(NCc1cccs1)NCc1nc2ccccc2s1. The van der Waals surface area contributed by atoms with Crippen molar-refractivity contribution in [3.05, 3.63) is 51.7 Å². The molecule has 0 saturated heterocycles. The number of para-hydroxylation sites is 1. The van der Waals surface area contributed by atoms with Crippen molar-refractivity contribution in [2.75, 3.05) is 0 Å². The minimum absolute atomic E-state index is 0.169. The van der Waals surface area contributed by atoms with E-state index in [1.165, 1.54) is 0 Å². The van der Waals surface area contributed by atoms with Crippen LogP contribution >= 0.6 is 22.7 Å². The molecule has 2 heterocycles. The van der Waals surface area contributed by atoms with Gasteiger partial charge in [-0.2, -0.15) is 0 Å². The Bertz CT molecular complexity index is 673. The van der Waals surface area contributed by atoms with Crippen LogP contribution in [0, 0.1) is 0 Å². The number of amides is 2. The number of nitrogens with zero attached hydrogens (tertiary/aromatic N) is 1. The first-order valence-electron chi connectivity index (χ1n) is 6.20. The zero-order chi connectivity index (χ0) is 13.8. The highest BCUT2D eigenvalue weighted by Crippen LogP contribution is 2.21. The lowest BCUT2D eigenvalue weighted by Crippen LogP contribution is -2.34. The monoisotopic (exact) mass is 303 g/mol. The fourth-order valence-electron chi connectivity index (χ4n) is 1.79. The number of fused-ring (bicyclic) bond motifs is 1. The maximum Gasteiger partial charge on any atom is 0.315 e. The standard InChI is InChI=1S/C14H13N3OS2/c18-14(15-8-10-4-3-7-19-10)16-9-13-17-11-5-1-2-6-12(11)20-13/h1-7H,8-9H2,(H2,15,16,18). The Kier molecular flexibility index (Phi) is 3.94. The molecule has 2 amide bonds. The van der Waals surface area contributed by atoms with Crippen LogP contribution in [0.5, 0.6) is 0 Å². The first-order valence-corrected chi connectivity index (χ1v) is 7.89. The molecule has 6 heteroatoms. The van der Waals surface area contributed by atoms with Crippen LogP contribution in [0.2, 0.25) is 0 Å². The van der Waals surface area contributed by atoms with Gasteiger partial charge in [-0.05, 0) is 23.6 Å². The molecule has 102 valence electrons. The predicted octanol–water partition coefficient (Wildman–Crippen LogP) is 3.36. The van der Waals surface area contributed by atoms with Gasteiger partial charge in [0.15, 0.2) is 0 Å². The number of urea groups is 1. The first kappa shape index (κ1) is 13.1. The van der Waals surface area contributed by atoms with Crippen LogP contribution in [0.1, 0.15) is 9.88 Å². The minimum Gasteiger partial charge on any atom is -0.333 e. The Balaban J connectivity index is 1.52. The van der Waals surface area contributed by atoms with Crippen molar-refractivity contribution in [3.8, 4) is 0 Å². The number of aromatic nitrogens is 1. The van der Waals surface area contributed by atoms with Gasteiger partial charge in [0, 0.05) is 4.88 Å². The summed E-state index contributed by atoms with van der Waals surface area (Å²) in [5.74, 6) is 0. The molecule has 0 radical (unpaired) electrons. The van der Waals surface area contributed by atoms with E-state index in [9.17, 15) is 4.79 Å². The van der Waals surface area contributed by atoms with Crippen molar-refractivity contribution < 1.29 is 4.79 Å². The lowest BCUT2D eigenvalue weighted by Gasteiger charge is -2.04. The first-order chi connectivity index (χ1) is 9.81. The summed E-state index contributed by atoms with van der Waals surface area (Å²) in [7, 11) is 0. The second-order valence-corrected chi connectivity index (χ2v) is 6.34. The Morgan fingerprint density at radius 1 is 1.10 bits per heavy atom. The summed E-state index contributed by atoms with van der Waals surface area (Å²) < 4.78 is 1.14. The van der Waals surface area contributed by atoms with Gasteiger partial charge in [0.1, 0.15) is 5.01 Å². The van der Waals surface area contributed by atoms with E-state index in [0.29, 0.717) is 13.1 Å². The van der Waals surface area contributed by atoms with Gasteiger partial charge in [0.25, 0.3) is 0 Å². The van der Waals surface area contributed by atoms with Crippen molar-refractivity contribution in [1.82, 2.24) is 15.6 Å². The van der Waals surface area contributed by atoms with Gasteiger partial charge in [-0.15, -0.1) is 22.7 Å². The van der Waals surface area contributed by atoms with Gasteiger partial charge in [-0.25, -0.2) is 9.78 Å². The van der Waals surface area contributed by atoms with E-state index in [1.54, 1.807) is 22.7 Å². The lowest BCUT2D eigenvalue weighted by atomic mass is 10.3. The number of nitrogens with one attached hydrogen (secondary N) is 2. The highest BCUT2D eigenvalue weighted by Gasteiger charge is 2.05.